The van der Waals surface area contributed by atoms with E-state index >= 15 is 0 Å². The molecule has 0 spiro atoms. The summed E-state index contributed by atoms with van der Waals surface area (Å²) in [5.41, 5.74) is 0. The Morgan fingerprint density at radius 2 is 1.37 bits per heavy atom. The molecular weight excluding hydrogens is 462 g/mol. The molecule has 11 heteroatoms. The van der Waals surface area contributed by atoms with Crippen LogP contribution in [0.15, 0.2) is 12.2 Å². The maximum absolute atomic E-state index is 11.9. The minimum absolute atomic E-state index is 0.0331. The van der Waals surface area contributed by atoms with Crippen LogP contribution in [-0.2, 0) is 47.7 Å². The Morgan fingerprint density at radius 1 is 0.771 bits per heavy atom. The van der Waals surface area contributed by atoms with Crippen molar-refractivity contribution in [3.05, 3.63) is 12.2 Å². The van der Waals surface area contributed by atoms with Crippen molar-refractivity contribution in [3.8, 4) is 0 Å². The van der Waals surface area contributed by atoms with Crippen molar-refractivity contribution >= 4 is 23.8 Å². The highest BCUT2D eigenvalue weighted by atomic mass is 16.7. The van der Waals surface area contributed by atoms with Crippen molar-refractivity contribution in [1.82, 2.24) is 5.06 Å². The van der Waals surface area contributed by atoms with E-state index in [1.807, 2.05) is 0 Å². The largest absolute Gasteiger partial charge is 0.462 e. The molecule has 35 heavy (non-hydrogen) atoms. The Bertz CT molecular complexity index is 680. The summed E-state index contributed by atoms with van der Waals surface area (Å²) in [6, 6.07) is 0. The molecule has 198 valence electrons. The van der Waals surface area contributed by atoms with E-state index in [2.05, 4.69) is 17.0 Å². The Labute approximate surface area is 205 Å². The van der Waals surface area contributed by atoms with Crippen LogP contribution >= 0.6 is 0 Å². The number of esters is 1. The normalized spacial score (nSPS) is 19.3. The van der Waals surface area contributed by atoms with Gasteiger partial charge in [-0.3, -0.25) is 14.4 Å². The predicted octanol–water partition coefficient (Wildman–Crippen LogP) is 1.87. The second-order valence-corrected chi connectivity index (χ2v) is 8.13. The third-order valence-electron chi connectivity index (χ3n) is 5.22. The van der Waals surface area contributed by atoms with Gasteiger partial charge in [-0.15, -0.1) is 5.06 Å². The monoisotopic (exact) mass is 499 g/mol. The van der Waals surface area contributed by atoms with Crippen molar-refractivity contribution in [2.45, 2.75) is 63.9 Å². The average Bonchev–Trinajstić information content (AvgIpc) is 3.13. The number of hydrogen-bond donors (Lipinski definition) is 0. The lowest BCUT2D eigenvalue weighted by molar-refractivity contribution is -0.200. The number of amides is 2. The Kier molecular flexibility index (Phi) is 14.9. The van der Waals surface area contributed by atoms with Crippen molar-refractivity contribution < 1.29 is 47.7 Å². The molecule has 0 bridgehead atoms. The highest BCUT2D eigenvalue weighted by molar-refractivity contribution is 6.01. The number of ether oxygens (including phenoxy) is 5. The average molecular weight is 500 g/mol. The fraction of sp³-hybridized carbons (Fsp3) is 0.750. The van der Waals surface area contributed by atoms with Gasteiger partial charge in [0.25, 0.3) is 11.8 Å². The molecule has 1 aliphatic carbocycles. The first kappa shape index (κ1) is 28.9. The molecule has 2 aliphatic rings. The number of allylic oxidation sites excluding steroid dienone is 2. The van der Waals surface area contributed by atoms with E-state index in [4.69, 9.17) is 23.7 Å². The van der Waals surface area contributed by atoms with Crippen LogP contribution in [0.1, 0.15) is 57.8 Å². The minimum atomic E-state index is -0.818. The molecule has 1 fully saturated rings. The van der Waals surface area contributed by atoms with Crippen LogP contribution in [0.25, 0.3) is 0 Å². The topological polar surface area (TPSA) is 127 Å². The van der Waals surface area contributed by atoms with Gasteiger partial charge in [-0.25, -0.2) is 4.79 Å². The van der Waals surface area contributed by atoms with Gasteiger partial charge in [-0.1, -0.05) is 12.2 Å². The molecule has 0 radical (unpaired) electrons. The number of hydrogen-bond acceptors (Lipinski definition) is 10. The fourth-order valence-electron chi connectivity index (χ4n) is 3.41. The summed E-state index contributed by atoms with van der Waals surface area (Å²) in [5.74, 6) is -2.04. The number of carbonyl (C=O) groups is 4. The van der Waals surface area contributed by atoms with Gasteiger partial charge >= 0.3 is 11.9 Å². The highest BCUT2D eigenvalue weighted by Gasteiger charge is 2.32. The molecule has 1 heterocycles. The van der Waals surface area contributed by atoms with Crippen molar-refractivity contribution in [1.29, 1.82) is 0 Å². The van der Waals surface area contributed by atoms with E-state index in [0.717, 1.165) is 32.1 Å². The number of nitrogens with zero attached hydrogens (tertiary/aromatic N) is 1. The molecule has 2 rings (SSSR count). The van der Waals surface area contributed by atoms with Crippen LogP contribution in [-0.4, -0.2) is 87.8 Å². The highest BCUT2D eigenvalue weighted by Crippen LogP contribution is 2.16. The molecule has 0 N–H and O–H groups in total. The number of hydroxylamine groups is 2. The second kappa shape index (κ2) is 18.0. The number of imide groups is 1. The van der Waals surface area contributed by atoms with Crippen molar-refractivity contribution in [2.24, 2.45) is 0 Å². The molecule has 0 aromatic rings. The molecular formula is C24H37NO10. The van der Waals surface area contributed by atoms with Gasteiger partial charge < -0.3 is 28.5 Å². The molecule has 1 saturated heterocycles. The smallest absolute Gasteiger partial charge is 0.358 e. The van der Waals surface area contributed by atoms with Gasteiger partial charge in [0.1, 0.15) is 12.7 Å². The zero-order valence-electron chi connectivity index (χ0n) is 20.3. The lowest BCUT2D eigenvalue weighted by Crippen LogP contribution is -2.33. The van der Waals surface area contributed by atoms with Crippen molar-refractivity contribution in [3.63, 3.8) is 0 Å². The maximum Gasteiger partial charge on any atom is 0.358 e. The zero-order valence-corrected chi connectivity index (χ0v) is 20.3. The molecule has 2 amide bonds. The lowest BCUT2D eigenvalue weighted by atomic mass is 10.0. The summed E-state index contributed by atoms with van der Waals surface area (Å²) in [7, 11) is 0. The fourth-order valence-corrected chi connectivity index (χ4v) is 3.41. The number of carbonyl (C=O) groups excluding carboxylic acids is 4. The SMILES string of the molecule is O=C(CCCOCCOCCOCCOCC(=O)ON1C(=O)CCC1=O)OC1CC/C=C/CCC1. The summed E-state index contributed by atoms with van der Waals surface area (Å²) in [5, 5.41) is 0.482. The molecule has 1 unspecified atom stereocenters. The molecule has 1 atom stereocenters. The summed E-state index contributed by atoms with van der Waals surface area (Å²) in [6.45, 7) is 2.08. The minimum Gasteiger partial charge on any atom is -0.462 e. The summed E-state index contributed by atoms with van der Waals surface area (Å²) < 4.78 is 26.8. The standard InChI is InChI=1S/C24H37NO10/c26-21-10-11-22(27)25(21)35-24(29)19-33-18-17-32-16-15-31-14-13-30-12-6-9-23(28)34-20-7-4-2-1-3-5-8-20/h1-2,20H,3-19H2/b2-1+. The summed E-state index contributed by atoms with van der Waals surface area (Å²) in [4.78, 5) is 50.8. The third-order valence-corrected chi connectivity index (χ3v) is 5.22. The van der Waals surface area contributed by atoms with Crippen LogP contribution in [0.2, 0.25) is 0 Å². The quantitative estimate of drug-likeness (QED) is 0.127. The van der Waals surface area contributed by atoms with E-state index in [1.54, 1.807) is 0 Å². The van der Waals surface area contributed by atoms with Crippen LogP contribution in [0.3, 0.4) is 0 Å². The molecule has 1 aliphatic heterocycles. The maximum atomic E-state index is 11.9. The zero-order chi connectivity index (χ0) is 25.1. The van der Waals surface area contributed by atoms with E-state index in [9.17, 15) is 19.2 Å². The molecule has 0 aromatic carbocycles. The van der Waals surface area contributed by atoms with Crippen molar-refractivity contribution in [2.75, 3.05) is 52.9 Å². The first-order valence-corrected chi connectivity index (χ1v) is 12.3. The van der Waals surface area contributed by atoms with Crippen LogP contribution in [0.4, 0.5) is 0 Å². The first-order valence-electron chi connectivity index (χ1n) is 12.3. The summed E-state index contributed by atoms with van der Waals surface area (Å²) in [6.07, 6.45) is 10.3. The van der Waals surface area contributed by atoms with E-state index in [0.29, 0.717) is 50.9 Å². The Morgan fingerprint density at radius 3 is 2.06 bits per heavy atom. The van der Waals surface area contributed by atoms with Crippen LogP contribution < -0.4 is 0 Å². The van der Waals surface area contributed by atoms with Crippen LogP contribution in [0.5, 0.6) is 0 Å². The van der Waals surface area contributed by atoms with E-state index < -0.39 is 17.8 Å². The lowest BCUT2D eigenvalue weighted by Gasteiger charge is -2.18. The molecule has 0 saturated carbocycles. The molecule has 0 aromatic heterocycles. The van der Waals surface area contributed by atoms with E-state index in [1.165, 1.54) is 0 Å². The third kappa shape index (κ3) is 13.4. The number of rotatable bonds is 17. The van der Waals surface area contributed by atoms with Gasteiger partial charge in [-0.2, -0.15) is 0 Å². The Balaban J connectivity index is 1.30. The van der Waals surface area contributed by atoms with E-state index in [-0.39, 0.29) is 44.7 Å². The van der Waals surface area contributed by atoms with Gasteiger partial charge in [0.05, 0.1) is 39.6 Å². The Hall–Kier alpha value is -2.34. The first-order chi connectivity index (χ1) is 17.1. The summed E-state index contributed by atoms with van der Waals surface area (Å²) >= 11 is 0. The second-order valence-electron chi connectivity index (χ2n) is 8.13. The van der Waals surface area contributed by atoms with Gasteiger partial charge in [0, 0.05) is 25.9 Å². The molecule has 11 nitrogen and oxygen atoms in total. The van der Waals surface area contributed by atoms with Crippen LogP contribution in [0, 0.1) is 0 Å². The van der Waals surface area contributed by atoms with Gasteiger partial charge in [0.2, 0.25) is 0 Å². The van der Waals surface area contributed by atoms with Gasteiger partial charge in [0.15, 0.2) is 0 Å². The van der Waals surface area contributed by atoms with Gasteiger partial charge in [-0.05, 0) is 38.5 Å². The predicted molar refractivity (Wildman–Crippen MR) is 122 cm³/mol.